The molecule has 1 aromatic heterocycles. The zero-order chi connectivity index (χ0) is 21.7. The maximum absolute atomic E-state index is 10.2. The number of tetrazole rings is 1. The number of nitriles is 2. The van der Waals surface area contributed by atoms with Crippen LogP contribution in [0.4, 0.5) is 0 Å². The number of methoxy groups -OCH3 is 1. The molecule has 31 heavy (non-hydrogen) atoms. The molecule has 162 valence electrons. The molecule has 8 nitrogen and oxygen atoms in total. The van der Waals surface area contributed by atoms with Gasteiger partial charge in [-0.15, -0.1) is 5.10 Å². The first kappa shape index (κ1) is 21.1. The molecule has 0 saturated heterocycles. The summed E-state index contributed by atoms with van der Waals surface area (Å²) in [6, 6.07) is 10.7. The maximum Gasteiger partial charge on any atom is 0.161 e. The molecule has 0 aliphatic heterocycles. The minimum Gasteiger partial charge on any atom is -0.493 e. The lowest BCUT2D eigenvalue weighted by molar-refractivity contribution is 0.200. The third kappa shape index (κ3) is 4.34. The number of hydrogen-bond acceptors (Lipinski definition) is 7. The van der Waals surface area contributed by atoms with Crippen LogP contribution in [0.3, 0.4) is 0 Å². The normalized spacial score (nSPS) is 23.8. The lowest BCUT2D eigenvalue weighted by Gasteiger charge is -2.35. The Hall–Kier alpha value is -3.13. The number of rotatable bonds is 7. The minimum atomic E-state index is -0.554. The van der Waals surface area contributed by atoms with Gasteiger partial charge in [0.1, 0.15) is 0 Å². The van der Waals surface area contributed by atoms with Crippen molar-refractivity contribution in [2.45, 2.75) is 81.8 Å². The predicted octanol–water partition coefficient (Wildman–Crippen LogP) is 4.04. The van der Waals surface area contributed by atoms with Crippen LogP contribution >= 0.6 is 0 Å². The maximum atomic E-state index is 10.2. The number of ether oxygens (including phenoxy) is 2. The fraction of sp³-hybridized carbons (Fsp3) is 0.609. The Morgan fingerprint density at radius 1 is 1.13 bits per heavy atom. The molecule has 0 atom stereocenters. The summed E-state index contributed by atoms with van der Waals surface area (Å²) in [5.41, 5.74) is 0.438. The number of nitrogens with zero attached hydrogens (tertiary/aromatic N) is 6. The molecule has 2 saturated carbocycles. The number of benzene rings is 1. The second kappa shape index (κ2) is 9.34. The van der Waals surface area contributed by atoms with E-state index in [1.807, 2.05) is 18.2 Å². The van der Waals surface area contributed by atoms with Crippen LogP contribution in [-0.4, -0.2) is 33.4 Å². The highest BCUT2D eigenvalue weighted by molar-refractivity contribution is 5.47. The Bertz CT molecular complexity index is 975. The Labute approximate surface area is 182 Å². The van der Waals surface area contributed by atoms with Crippen LogP contribution in [-0.2, 0) is 12.0 Å². The molecule has 1 aromatic carbocycles. The van der Waals surface area contributed by atoms with Gasteiger partial charge in [0, 0.05) is 5.92 Å². The van der Waals surface area contributed by atoms with Gasteiger partial charge in [-0.2, -0.15) is 10.5 Å². The molecular weight excluding hydrogens is 392 g/mol. The molecule has 0 radical (unpaired) electrons. The lowest BCUT2D eigenvalue weighted by atomic mass is 9.67. The molecule has 4 rings (SSSR count). The van der Waals surface area contributed by atoms with Gasteiger partial charge in [-0.1, -0.05) is 6.07 Å². The van der Waals surface area contributed by atoms with Crippen molar-refractivity contribution in [3.63, 3.8) is 0 Å². The van der Waals surface area contributed by atoms with Gasteiger partial charge < -0.3 is 9.47 Å². The molecule has 0 spiro atoms. The van der Waals surface area contributed by atoms with Crippen molar-refractivity contribution >= 4 is 0 Å². The molecule has 0 bridgehead atoms. The molecule has 0 amide bonds. The van der Waals surface area contributed by atoms with Crippen molar-refractivity contribution in [3.05, 3.63) is 29.6 Å². The summed E-state index contributed by atoms with van der Waals surface area (Å²) >= 11 is 0. The van der Waals surface area contributed by atoms with Crippen LogP contribution in [0.2, 0.25) is 0 Å². The van der Waals surface area contributed by atoms with Gasteiger partial charge in [0.2, 0.25) is 0 Å². The first-order valence-electron chi connectivity index (χ1n) is 11.1. The molecule has 8 heteroatoms. The fourth-order valence-corrected chi connectivity index (χ4v) is 4.91. The summed E-state index contributed by atoms with van der Waals surface area (Å²) in [5.74, 6) is 2.47. The van der Waals surface area contributed by atoms with E-state index in [0.29, 0.717) is 18.7 Å². The average Bonchev–Trinajstić information content (AvgIpc) is 3.50. The highest BCUT2D eigenvalue weighted by Gasteiger charge is 2.39. The Kier molecular flexibility index (Phi) is 6.36. The molecule has 0 N–H and O–H groups in total. The third-order valence-corrected chi connectivity index (χ3v) is 6.73. The molecule has 2 aromatic rings. The van der Waals surface area contributed by atoms with Gasteiger partial charge in [-0.05, 0) is 79.5 Å². The van der Waals surface area contributed by atoms with Crippen LogP contribution in [0.5, 0.6) is 11.5 Å². The van der Waals surface area contributed by atoms with Gasteiger partial charge in [0.05, 0.1) is 43.7 Å². The minimum absolute atomic E-state index is 0.197. The molecular formula is C23H28N6O2. The van der Waals surface area contributed by atoms with E-state index < -0.39 is 5.41 Å². The average molecular weight is 421 g/mol. The zero-order valence-corrected chi connectivity index (χ0v) is 18.0. The van der Waals surface area contributed by atoms with Crippen LogP contribution in [0.25, 0.3) is 0 Å². The van der Waals surface area contributed by atoms with Gasteiger partial charge in [-0.3, -0.25) is 0 Å². The van der Waals surface area contributed by atoms with Gasteiger partial charge >= 0.3 is 0 Å². The van der Waals surface area contributed by atoms with E-state index >= 15 is 0 Å². The van der Waals surface area contributed by atoms with Gasteiger partial charge in [-0.25, -0.2) is 4.68 Å². The van der Waals surface area contributed by atoms with Crippen LogP contribution < -0.4 is 9.47 Å². The second-order valence-corrected chi connectivity index (χ2v) is 8.53. The zero-order valence-electron chi connectivity index (χ0n) is 18.0. The van der Waals surface area contributed by atoms with Crippen LogP contribution in [0, 0.1) is 22.7 Å². The first-order valence-corrected chi connectivity index (χ1v) is 11.1. The Morgan fingerprint density at radius 2 is 1.90 bits per heavy atom. The number of hydrogen-bond donors (Lipinski definition) is 0. The van der Waals surface area contributed by atoms with Crippen molar-refractivity contribution in [3.8, 4) is 23.6 Å². The largest absolute Gasteiger partial charge is 0.493 e. The molecule has 2 aliphatic rings. The van der Waals surface area contributed by atoms with Crippen LogP contribution in [0.15, 0.2) is 18.2 Å². The fourth-order valence-electron chi connectivity index (χ4n) is 4.91. The quantitative estimate of drug-likeness (QED) is 0.665. The number of aryl methyl sites for hydroxylation is 1. The highest BCUT2D eigenvalue weighted by atomic mass is 16.5. The predicted molar refractivity (Wildman–Crippen MR) is 112 cm³/mol. The van der Waals surface area contributed by atoms with E-state index in [1.54, 1.807) is 11.8 Å². The summed E-state index contributed by atoms with van der Waals surface area (Å²) in [5, 5.41) is 31.1. The lowest BCUT2D eigenvalue weighted by Crippen LogP contribution is -2.30. The summed E-state index contributed by atoms with van der Waals surface area (Å²) in [6.07, 6.45) is 8.25. The molecule has 0 unspecified atom stereocenters. The highest BCUT2D eigenvalue weighted by Crippen LogP contribution is 2.46. The first-order chi connectivity index (χ1) is 15.2. The third-order valence-electron chi connectivity index (χ3n) is 6.73. The topological polar surface area (TPSA) is 110 Å². The van der Waals surface area contributed by atoms with E-state index in [0.717, 1.165) is 55.7 Å². The van der Waals surface area contributed by atoms with Crippen molar-refractivity contribution < 1.29 is 9.47 Å². The summed E-state index contributed by atoms with van der Waals surface area (Å²) in [4.78, 5) is 0. The van der Waals surface area contributed by atoms with Crippen LogP contribution in [0.1, 0.15) is 75.1 Å². The molecule has 1 heterocycles. The van der Waals surface area contributed by atoms with Crippen molar-refractivity contribution in [2.24, 2.45) is 0 Å². The van der Waals surface area contributed by atoms with E-state index in [9.17, 15) is 5.26 Å². The molecule has 2 aliphatic carbocycles. The van der Waals surface area contributed by atoms with Crippen molar-refractivity contribution in [2.75, 3.05) is 7.11 Å². The van der Waals surface area contributed by atoms with Gasteiger partial charge in [0.25, 0.3) is 0 Å². The second-order valence-electron chi connectivity index (χ2n) is 8.53. The standard InChI is InChI=1S/C23H28N6O2/c1-30-20-8-7-18(15-21(20)31-19-5-2-3-6-19)23(16-25)11-9-17(10-12-23)22-26-27-28-29(22)14-4-13-24/h7-8,15,17,19H,2-6,9-12,14H2,1H3/t17-,23+. The van der Waals surface area contributed by atoms with Crippen molar-refractivity contribution in [1.82, 2.24) is 20.2 Å². The summed E-state index contributed by atoms with van der Waals surface area (Å²) in [6.45, 7) is 0.499. The van der Waals surface area contributed by atoms with Gasteiger partial charge in [0.15, 0.2) is 17.3 Å². The van der Waals surface area contributed by atoms with Crippen molar-refractivity contribution in [1.29, 1.82) is 10.5 Å². The monoisotopic (exact) mass is 420 g/mol. The Balaban J connectivity index is 1.52. The SMILES string of the molecule is COc1ccc([C@]2(C#N)CC[C@H](c3nnnn3CCC#N)CC2)cc1OC1CCCC1. The molecule has 2 fully saturated rings. The Morgan fingerprint density at radius 3 is 2.58 bits per heavy atom. The van der Waals surface area contributed by atoms with E-state index in [2.05, 4.69) is 27.7 Å². The number of aromatic nitrogens is 4. The summed E-state index contributed by atoms with van der Waals surface area (Å²) in [7, 11) is 1.65. The summed E-state index contributed by atoms with van der Waals surface area (Å²) < 4.78 is 13.5. The smallest absolute Gasteiger partial charge is 0.161 e. The van der Waals surface area contributed by atoms with E-state index in [-0.39, 0.29) is 12.0 Å². The van der Waals surface area contributed by atoms with E-state index in [1.165, 1.54) is 12.8 Å². The van der Waals surface area contributed by atoms with E-state index in [4.69, 9.17) is 14.7 Å².